The highest BCUT2D eigenvalue weighted by Crippen LogP contribution is 2.19. The summed E-state index contributed by atoms with van der Waals surface area (Å²) in [7, 11) is 0. The zero-order valence-electron chi connectivity index (χ0n) is 15.4. The summed E-state index contributed by atoms with van der Waals surface area (Å²) in [5.41, 5.74) is 0.948. The van der Waals surface area contributed by atoms with E-state index in [2.05, 4.69) is 5.10 Å². The Labute approximate surface area is 156 Å². The molecule has 0 radical (unpaired) electrons. The van der Waals surface area contributed by atoms with Gasteiger partial charge >= 0.3 is 5.97 Å². The lowest BCUT2D eigenvalue weighted by Gasteiger charge is -2.18. The zero-order valence-corrected chi connectivity index (χ0v) is 15.4. The Bertz CT molecular complexity index is 1020. The molecule has 0 saturated heterocycles. The normalized spacial score (nSPS) is 12.0. The summed E-state index contributed by atoms with van der Waals surface area (Å²) in [5.74, 6) is -0.844. The average molecular weight is 367 g/mol. The van der Waals surface area contributed by atoms with Gasteiger partial charge in [-0.15, -0.1) is 0 Å². The fourth-order valence-corrected chi connectivity index (χ4v) is 3.02. The van der Waals surface area contributed by atoms with Crippen molar-refractivity contribution in [3.05, 3.63) is 76.0 Å². The topological polar surface area (TPSA) is 86.3 Å². The maximum absolute atomic E-state index is 12.4. The van der Waals surface area contributed by atoms with E-state index in [1.54, 1.807) is 28.8 Å². The van der Waals surface area contributed by atoms with Gasteiger partial charge in [0.15, 0.2) is 5.75 Å². The molecule has 3 rings (SSSR count). The van der Waals surface area contributed by atoms with Gasteiger partial charge in [-0.3, -0.25) is 9.48 Å². The number of aromatic nitrogens is 3. The van der Waals surface area contributed by atoms with Gasteiger partial charge in [-0.25, -0.2) is 4.79 Å². The molecule has 2 heterocycles. The SMILES string of the molecule is Cc1cc(C)n([C@H](C)Cn2cc(Oc3ccccc3)c(=O)c(C(=O)O)c2)n1. The van der Waals surface area contributed by atoms with Gasteiger partial charge in [-0.2, -0.15) is 5.10 Å². The molecule has 0 spiro atoms. The standard InChI is InChI=1S/C20H21N3O4/c1-13-9-14(2)23(21-13)15(3)10-22-11-17(20(25)26)19(24)18(12-22)27-16-7-5-4-6-8-16/h4-9,11-12,15H,10H2,1-3H3,(H,25,26)/t15-/m1/s1. The van der Waals surface area contributed by atoms with E-state index in [0.29, 0.717) is 12.3 Å². The number of carbonyl (C=O) groups is 1. The second-order valence-electron chi connectivity index (χ2n) is 6.50. The molecule has 0 bridgehead atoms. The summed E-state index contributed by atoms with van der Waals surface area (Å²) in [4.78, 5) is 23.9. The van der Waals surface area contributed by atoms with Crippen molar-refractivity contribution in [2.24, 2.45) is 0 Å². The lowest BCUT2D eigenvalue weighted by atomic mass is 10.2. The number of rotatable bonds is 6. The average Bonchev–Trinajstić information content (AvgIpc) is 2.96. The van der Waals surface area contributed by atoms with E-state index >= 15 is 0 Å². The van der Waals surface area contributed by atoms with E-state index in [9.17, 15) is 14.7 Å². The molecule has 0 amide bonds. The highest BCUT2D eigenvalue weighted by Gasteiger charge is 2.17. The number of hydrogen-bond donors (Lipinski definition) is 1. The minimum atomic E-state index is -1.29. The minimum absolute atomic E-state index is 0.0262. The number of benzene rings is 1. The van der Waals surface area contributed by atoms with Gasteiger partial charge in [0.05, 0.1) is 17.9 Å². The Morgan fingerprint density at radius 2 is 1.93 bits per heavy atom. The van der Waals surface area contributed by atoms with Gasteiger partial charge in [0.2, 0.25) is 5.43 Å². The number of carboxylic acid groups (broad SMARTS) is 1. The predicted octanol–water partition coefficient (Wildman–Crippen LogP) is 3.41. The van der Waals surface area contributed by atoms with Crippen LogP contribution < -0.4 is 10.2 Å². The quantitative estimate of drug-likeness (QED) is 0.721. The molecular weight excluding hydrogens is 346 g/mol. The van der Waals surface area contributed by atoms with Crippen LogP contribution in [0.15, 0.2) is 53.6 Å². The second kappa shape index (κ2) is 7.49. The number of carboxylic acids is 1. The van der Waals surface area contributed by atoms with Gasteiger partial charge in [0, 0.05) is 18.4 Å². The first-order valence-electron chi connectivity index (χ1n) is 8.58. The largest absolute Gasteiger partial charge is 0.477 e. The number of pyridine rings is 1. The number of hydrogen-bond acceptors (Lipinski definition) is 4. The molecule has 0 aliphatic carbocycles. The maximum Gasteiger partial charge on any atom is 0.341 e. The van der Waals surface area contributed by atoms with Crippen molar-refractivity contribution >= 4 is 5.97 Å². The van der Waals surface area contributed by atoms with Crippen LogP contribution in [0.2, 0.25) is 0 Å². The first-order valence-corrected chi connectivity index (χ1v) is 8.58. The van der Waals surface area contributed by atoms with E-state index in [1.165, 1.54) is 12.4 Å². The molecule has 0 saturated carbocycles. The number of ether oxygens (including phenoxy) is 1. The Morgan fingerprint density at radius 3 is 2.52 bits per heavy atom. The third-order valence-electron chi connectivity index (χ3n) is 4.19. The van der Waals surface area contributed by atoms with Gasteiger partial charge in [0.25, 0.3) is 0 Å². The van der Waals surface area contributed by atoms with Crippen LogP contribution in [-0.4, -0.2) is 25.4 Å². The third kappa shape index (κ3) is 4.08. The summed E-state index contributed by atoms with van der Waals surface area (Å²) >= 11 is 0. The highest BCUT2D eigenvalue weighted by molar-refractivity contribution is 5.87. The molecule has 7 heteroatoms. The predicted molar refractivity (Wildman–Crippen MR) is 101 cm³/mol. The Morgan fingerprint density at radius 1 is 1.22 bits per heavy atom. The molecular formula is C20H21N3O4. The molecule has 0 aliphatic rings. The fraction of sp³-hybridized carbons (Fsp3) is 0.250. The number of para-hydroxylation sites is 1. The van der Waals surface area contributed by atoms with E-state index in [4.69, 9.17) is 4.74 Å². The van der Waals surface area contributed by atoms with Crippen LogP contribution in [0, 0.1) is 13.8 Å². The van der Waals surface area contributed by atoms with E-state index in [1.807, 2.05) is 37.6 Å². The maximum atomic E-state index is 12.4. The molecule has 1 atom stereocenters. The summed E-state index contributed by atoms with van der Waals surface area (Å²) < 4.78 is 9.17. The Balaban J connectivity index is 1.96. The Kier molecular flexibility index (Phi) is 5.12. The van der Waals surface area contributed by atoms with Crippen molar-refractivity contribution in [3.63, 3.8) is 0 Å². The van der Waals surface area contributed by atoms with Gasteiger partial charge < -0.3 is 14.4 Å². The molecule has 7 nitrogen and oxygen atoms in total. The van der Waals surface area contributed by atoms with Crippen molar-refractivity contribution < 1.29 is 14.6 Å². The molecule has 0 unspecified atom stereocenters. The zero-order chi connectivity index (χ0) is 19.6. The van der Waals surface area contributed by atoms with E-state index in [0.717, 1.165) is 11.4 Å². The molecule has 27 heavy (non-hydrogen) atoms. The van der Waals surface area contributed by atoms with Crippen molar-refractivity contribution in [3.8, 4) is 11.5 Å². The summed E-state index contributed by atoms with van der Waals surface area (Å²) in [5, 5.41) is 13.9. The molecule has 140 valence electrons. The minimum Gasteiger partial charge on any atom is -0.477 e. The van der Waals surface area contributed by atoms with Crippen molar-refractivity contribution in [2.45, 2.75) is 33.4 Å². The van der Waals surface area contributed by atoms with Crippen molar-refractivity contribution in [1.82, 2.24) is 14.3 Å². The second-order valence-corrected chi connectivity index (χ2v) is 6.50. The molecule has 0 aliphatic heterocycles. The van der Waals surface area contributed by atoms with Crippen LogP contribution in [0.5, 0.6) is 11.5 Å². The van der Waals surface area contributed by atoms with E-state index < -0.39 is 11.4 Å². The van der Waals surface area contributed by atoms with Crippen LogP contribution in [-0.2, 0) is 6.54 Å². The first kappa shape index (κ1) is 18.4. The summed E-state index contributed by atoms with van der Waals surface area (Å²) in [6.07, 6.45) is 2.87. The molecule has 0 fully saturated rings. The van der Waals surface area contributed by atoms with Gasteiger partial charge in [0.1, 0.15) is 11.3 Å². The highest BCUT2D eigenvalue weighted by atomic mass is 16.5. The van der Waals surface area contributed by atoms with Crippen LogP contribution in [0.1, 0.15) is 34.7 Å². The number of aromatic carboxylic acids is 1. The monoisotopic (exact) mass is 367 g/mol. The van der Waals surface area contributed by atoms with Gasteiger partial charge in [-0.05, 0) is 39.0 Å². The number of aryl methyl sites for hydroxylation is 2. The lowest BCUT2D eigenvalue weighted by molar-refractivity contribution is 0.0693. The van der Waals surface area contributed by atoms with Crippen molar-refractivity contribution in [2.75, 3.05) is 0 Å². The van der Waals surface area contributed by atoms with Crippen LogP contribution in [0.4, 0.5) is 0 Å². The molecule has 2 aromatic heterocycles. The summed E-state index contributed by atoms with van der Waals surface area (Å²) in [6.45, 7) is 6.31. The lowest BCUT2D eigenvalue weighted by Crippen LogP contribution is -2.22. The smallest absolute Gasteiger partial charge is 0.341 e. The molecule has 3 aromatic rings. The Hall–Kier alpha value is -3.35. The number of nitrogens with zero attached hydrogens (tertiary/aromatic N) is 3. The third-order valence-corrected chi connectivity index (χ3v) is 4.19. The first-order chi connectivity index (χ1) is 12.8. The molecule has 1 aromatic carbocycles. The van der Waals surface area contributed by atoms with Crippen LogP contribution in [0.3, 0.4) is 0 Å². The van der Waals surface area contributed by atoms with Gasteiger partial charge in [-0.1, -0.05) is 18.2 Å². The van der Waals surface area contributed by atoms with Crippen molar-refractivity contribution in [1.29, 1.82) is 0 Å². The molecule has 1 N–H and O–H groups in total. The van der Waals surface area contributed by atoms with Crippen LogP contribution >= 0.6 is 0 Å². The fourth-order valence-electron chi connectivity index (χ4n) is 3.02. The summed E-state index contributed by atoms with van der Waals surface area (Å²) in [6, 6.07) is 10.7. The van der Waals surface area contributed by atoms with Crippen LogP contribution in [0.25, 0.3) is 0 Å². The van der Waals surface area contributed by atoms with E-state index in [-0.39, 0.29) is 17.4 Å².